The van der Waals surface area contributed by atoms with E-state index < -0.39 is 24.0 Å². The largest absolute Gasteiger partial charge is 0.504 e. The number of imide groups is 1. The molecule has 3 unspecified atom stereocenters. The maximum atomic E-state index is 11.9. The Kier molecular flexibility index (Phi) is 2.88. The zero-order valence-electron chi connectivity index (χ0n) is 11.0. The molecule has 1 aromatic rings. The van der Waals surface area contributed by atoms with Crippen LogP contribution in [0.15, 0.2) is 18.2 Å². The van der Waals surface area contributed by atoms with Crippen molar-refractivity contribution in [3.8, 4) is 11.5 Å². The number of hydrogen-bond acceptors (Lipinski definition) is 6. The molecule has 0 bridgehead atoms. The number of benzene rings is 1. The van der Waals surface area contributed by atoms with Crippen molar-refractivity contribution >= 4 is 11.8 Å². The third-order valence-electron chi connectivity index (χ3n) is 3.69. The molecule has 2 heterocycles. The minimum absolute atomic E-state index is 0.0217. The third kappa shape index (κ3) is 1.75. The van der Waals surface area contributed by atoms with Crippen LogP contribution in [0.4, 0.5) is 0 Å². The standard InChI is InChI=1S/C13H14N2O5/c1-15-10(6-3-4-8(19-2)7(16)5-6)9-11(20-15)13(18)14-12(9)17/h3-5,9-11,16H,1-2H3,(H,14,17,18). The Morgan fingerprint density at radius 2 is 2.10 bits per heavy atom. The highest BCUT2D eigenvalue weighted by molar-refractivity contribution is 6.07. The Labute approximate surface area is 115 Å². The molecule has 7 nitrogen and oxygen atoms in total. The van der Waals surface area contributed by atoms with Gasteiger partial charge >= 0.3 is 0 Å². The van der Waals surface area contributed by atoms with E-state index in [0.29, 0.717) is 11.3 Å². The molecule has 2 aliphatic heterocycles. The van der Waals surface area contributed by atoms with Crippen LogP contribution in [0, 0.1) is 5.92 Å². The van der Waals surface area contributed by atoms with Gasteiger partial charge in [-0.2, -0.15) is 5.06 Å². The first-order valence-electron chi connectivity index (χ1n) is 6.14. The van der Waals surface area contributed by atoms with Gasteiger partial charge in [-0.25, -0.2) is 0 Å². The third-order valence-corrected chi connectivity index (χ3v) is 3.69. The highest BCUT2D eigenvalue weighted by atomic mass is 16.7. The van der Waals surface area contributed by atoms with E-state index in [-0.39, 0.29) is 11.7 Å². The highest BCUT2D eigenvalue weighted by Crippen LogP contribution is 2.42. The molecule has 7 heteroatoms. The molecular formula is C13H14N2O5. The number of carbonyl (C=O) groups is 2. The first kappa shape index (κ1) is 12.9. The van der Waals surface area contributed by atoms with E-state index >= 15 is 0 Å². The number of amides is 2. The van der Waals surface area contributed by atoms with Crippen LogP contribution < -0.4 is 10.1 Å². The fourth-order valence-corrected chi connectivity index (χ4v) is 2.78. The maximum absolute atomic E-state index is 11.9. The monoisotopic (exact) mass is 278 g/mol. The predicted octanol–water partition coefficient (Wildman–Crippen LogP) is -0.0399. The van der Waals surface area contributed by atoms with E-state index in [4.69, 9.17) is 9.57 Å². The number of nitrogens with zero attached hydrogens (tertiary/aromatic N) is 1. The molecule has 0 aromatic heterocycles. The number of hydroxylamine groups is 2. The predicted molar refractivity (Wildman–Crippen MR) is 66.7 cm³/mol. The van der Waals surface area contributed by atoms with Crippen molar-refractivity contribution < 1.29 is 24.3 Å². The van der Waals surface area contributed by atoms with Crippen molar-refractivity contribution in [3.63, 3.8) is 0 Å². The number of ether oxygens (including phenoxy) is 1. The molecule has 2 amide bonds. The topological polar surface area (TPSA) is 88.1 Å². The fourth-order valence-electron chi connectivity index (χ4n) is 2.78. The highest BCUT2D eigenvalue weighted by Gasteiger charge is 2.55. The molecule has 20 heavy (non-hydrogen) atoms. The Morgan fingerprint density at radius 3 is 2.75 bits per heavy atom. The van der Waals surface area contributed by atoms with Gasteiger partial charge in [-0.3, -0.25) is 19.7 Å². The van der Waals surface area contributed by atoms with E-state index in [1.54, 1.807) is 19.2 Å². The summed E-state index contributed by atoms with van der Waals surface area (Å²) in [4.78, 5) is 28.9. The van der Waals surface area contributed by atoms with Gasteiger partial charge in [-0.1, -0.05) is 6.07 Å². The molecule has 0 spiro atoms. The molecule has 0 saturated carbocycles. The molecule has 0 aliphatic carbocycles. The number of hydrogen-bond donors (Lipinski definition) is 2. The van der Waals surface area contributed by atoms with E-state index in [2.05, 4.69) is 5.32 Å². The second-order valence-electron chi connectivity index (χ2n) is 4.83. The van der Waals surface area contributed by atoms with E-state index in [9.17, 15) is 14.7 Å². The SMILES string of the molecule is COc1ccc(C2C3C(=O)NC(=O)C3ON2C)cc1O. The molecule has 0 radical (unpaired) electrons. The lowest BCUT2D eigenvalue weighted by molar-refractivity contribution is -0.162. The van der Waals surface area contributed by atoms with Gasteiger partial charge in [-0.05, 0) is 17.7 Å². The van der Waals surface area contributed by atoms with Gasteiger partial charge in [0.15, 0.2) is 17.6 Å². The summed E-state index contributed by atoms with van der Waals surface area (Å²) < 4.78 is 4.99. The first-order chi connectivity index (χ1) is 9.52. The summed E-state index contributed by atoms with van der Waals surface area (Å²) in [6.07, 6.45) is -0.804. The maximum Gasteiger partial charge on any atom is 0.258 e. The molecular weight excluding hydrogens is 264 g/mol. The van der Waals surface area contributed by atoms with Crippen molar-refractivity contribution in [1.82, 2.24) is 10.4 Å². The van der Waals surface area contributed by atoms with Crippen LogP contribution in [0.1, 0.15) is 11.6 Å². The van der Waals surface area contributed by atoms with Gasteiger partial charge in [0.25, 0.3) is 5.91 Å². The summed E-state index contributed by atoms with van der Waals surface area (Å²) in [5.41, 5.74) is 0.683. The van der Waals surface area contributed by atoms with Crippen LogP contribution >= 0.6 is 0 Å². The van der Waals surface area contributed by atoms with Crippen molar-refractivity contribution in [1.29, 1.82) is 0 Å². The van der Waals surface area contributed by atoms with Crippen LogP contribution in [0.2, 0.25) is 0 Å². The van der Waals surface area contributed by atoms with Crippen LogP contribution in [-0.2, 0) is 14.4 Å². The summed E-state index contributed by atoms with van der Waals surface area (Å²) in [7, 11) is 3.11. The van der Waals surface area contributed by atoms with E-state index in [0.717, 1.165) is 0 Å². The van der Waals surface area contributed by atoms with Gasteiger partial charge in [0, 0.05) is 7.05 Å². The van der Waals surface area contributed by atoms with E-state index in [1.165, 1.54) is 18.2 Å². The number of aromatic hydroxyl groups is 1. The Morgan fingerprint density at radius 1 is 1.35 bits per heavy atom. The lowest BCUT2D eigenvalue weighted by Crippen LogP contribution is -2.31. The Hall–Kier alpha value is -2.12. The number of fused-ring (bicyclic) bond motifs is 1. The van der Waals surface area contributed by atoms with Crippen molar-refractivity contribution in [2.45, 2.75) is 12.1 Å². The van der Waals surface area contributed by atoms with E-state index in [1.807, 2.05) is 0 Å². The minimum atomic E-state index is -0.804. The van der Waals surface area contributed by atoms with Crippen molar-refractivity contribution in [2.24, 2.45) is 5.92 Å². The minimum Gasteiger partial charge on any atom is -0.504 e. The Balaban J connectivity index is 1.99. The van der Waals surface area contributed by atoms with Crippen molar-refractivity contribution in [2.75, 3.05) is 14.2 Å². The number of nitrogens with one attached hydrogen (secondary N) is 1. The molecule has 2 fully saturated rings. The molecule has 2 N–H and O–H groups in total. The van der Waals surface area contributed by atoms with Crippen molar-refractivity contribution in [3.05, 3.63) is 23.8 Å². The molecule has 2 aliphatic rings. The van der Waals surface area contributed by atoms with Crippen LogP contribution in [0.5, 0.6) is 11.5 Å². The zero-order valence-corrected chi connectivity index (χ0v) is 11.0. The number of phenolic OH excluding ortho intramolecular Hbond substituents is 1. The number of rotatable bonds is 2. The molecule has 3 atom stereocenters. The summed E-state index contributed by atoms with van der Waals surface area (Å²) in [6, 6.07) is 4.44. The smallest absolute Gasteiger partial charge is 0.258 e. The second kappa shape index (κ2) is 4.46. The Bertz CT molecular complexity index is 588. The zero-order chi connectivity index (χ0) is 14.4. The van der Waals surface area contributed by atoms with Crippen LogP contribution in [0.3, 0.4) is 0 Å². The van der Waals surface area contributed by atoms with Gasteiger partial charge in [-0.15, -0.1) is 0 Å². The van der Waals surface area contributed by atoms with Crippen LogP contribution in [0.25, 0.3) is 0 Å². The summed E-state index contributed by atoms with van der Waals surface area (Å²) >= 11 is 0. The average molecular weight is 278 g/mol. The molecule has 106 valence electrons. The van der Waals surface area contributed by atoms with Gasteiger partial charge in [0.05, 0.1) is 19.1 Å². The average Bonchev–Trinajstić information content (AvgIpc) is 2.88. The molecule has 1 aromatic carbocycles. The summed E-state index contributed by atoms with van der Waals surface area (Å²) in [5, 5.41) is 13.6. The number of carbonyl (C=O) groups excluding carboxylic acids is 2. The fraction of sp³-hybridized carbons (Fsp3) is 0.385. The second-order valence-corrected chi connectivity index (χ2v) is 4.83. The molecule has 3 rings (SSSR count). The number of phenols is 1. The van der Waals surface area contributed by atoms with Gasteiger partial charge < -0.3 is 9.84 Å². The van der Waals surface area contributed by atoms with Crippen LogP contribution in [-0.4, -0.2) is 42.2 Å². The summed E-state index contributed by atoms with van der Waals surface area (Å²) in [6.45, 7) is 0. The quantitative estimate of drug-likeness (QED) is 0.738. The lowest BCUT2D eigenvalue weighted by atomic mass is 9.91. The first-order valence-corrected chi connectivity index (χ1v) is 6.14. The lowest BCUT2D eigenvalue weighted by Gasteiger charge is -2.21. The van der Waals surface area contributed by atoms with Gasteiger partial charge in [0.1, 0.15) is 0 Å². The summed E-state index contributed by atoms with van der Waals surface area (Å²) in [5.74, 6) is -1.07. The molecule has 2 saturated heterocycles. The van der Waals surface area contributed by atoms with Gasteiger partial charge in [0.2, 0.25) is 5.91 Å². The normalized spacial score (nSPS) is 29.4. The number of methoxy groups -OCH3 is 1.